The summed E-state index contributed by atoms with van der Waals surface area (Å²) < 4.78 is 67.1. The summed E-state index contributed by atoms with van der Waals surface area (Å²) in [6, 6.07) is 2.15. The first-order valence-electron chi connectivity index (χ1n) is 4.23. The second-order valence-electron chi connectivity index (χ2n) is 2.86. The van der Waals surface area contributed by atoms with Crippen LogP contribution in [0.4, 0.5) is 22.0 Å². The van der Waals surface area contributed by atoms with Gasteiger partial charge in [0.05, 0.1) is 5.56 Å². The molecule has 0 fully saturated rings. The van der Waals surface area contributed by atoms with Crippen LogP contribution in [0.2, 0.25) is 0 Å². The SMILES string of the molecule is O=C(Cl)c1ccc(OC(F)F)cc1OC(F)(F)F. The Balaban J connectivity index is 3.11. The van der Waals surface area contributed by atoms with Crippen molar-refractivity contribution in [2.24, 2.45) is 0 Å². The Morgan fingerprint density at radius 3 is 2.33 bits per heavy atom. The molecule has 100 valence electrons. The first-order valence-corrected chi connectivity index (χ1v) is 4.61. The normalized spacial score (nSPS) is 11.5. The minimum absolute atomic E-state index is 0.495. The molecule has 1 aromatic rings. The molecule has 0 amide bonds. The van der Waals surface area contributed by atoms with Gasteiger partial charge in [-0.1, -0.05) is 0 Å². The van der Waals surface area contributed by atoms with E-state index < -0.39 is 35.3 Å². The Bertz CT molecular complexity index is 446. The van der Waals surface area contributed by atoms with E-state index in [0.29, 0.717) is 6.07 Å². The molecule has 0 aliphatic carbocycles. The van der Waals surface area contributed by atoms with Crippen molar-refractivity contribution in [1.82, 2.24) is 0 Å². The lowest BCUT2D eigenvalue weighted by Crippen LogP contribution is -2.18. The minimum Gasteiger partial charge on any atom is -0.435 e. The van der Waals surface area contributed by atoms with Crippen molar-refractivity contribution >= 4 is 16.8 Å². The van der Waals surface area contributed by atoms with Gasteiger partial charge in [-0.3, -0.25) is 4.79 Å². The molecule has 0 atom stereocenters. The molecule has 1 aromatic carbocycles. The standard InChI is InChI=1S/C9H4ClF5O3/c10-7(16)5-2-1-4(17-8(11)12)3-6(5)18-9(13,14)15/h1-3,8H. The van der Waals surface area contributed by atoms with Gasteiger partial charge in [0.25, 0.3) is 5.24 Å². The molecule has 0 bridgehead atoms. The molecule has 0 radical (unpaired) electrons. The average molecular weight is 291 g/mol. The quantitative estimate of drug-likeness (QED) is 0.628. The smallest absolute Gasteiger partial charge is 0.435 e. The zero-order valence-electron chi connectivity index (χ0n) is 8.30. The maximum absolute atomic E-state index is 12.0. The van der Waals surface area contributed by atoms with Crippen LogP contribution < -0.4 is 9.47 Å². The molecule has 0 aromatic heterocycles. The van der Waals surface area contributed by atoms with Gasteiger partial charge in [0, 0.05) is 6.07 Å². The molecule has 3 nitrogen and oxygen atoms in total. The van der Waals surface area contributed by atoms with Gasteiger partial charge in [-0.2, -0.15) is 8.78 Å². The van der Waals surface area contributed by atoms with E-state index in [4.69, 9.17) is 11.6 Å². The lowest BCUT2D eigenvalue weighted by molar-refractivity contribution is -0.274. The second-order valence-corrected chi connectivity index (χ2v) is 3.20. The van der Waals surface area contributed by atoms with Crippen LogP contribution in [-0.4, -0.2) is 18.2 Å². The number of alkyl halides is 5. The van der Waals surface area contributed by atoms with E-state index in [1.807, 2.05) is 0 Å². The Labute approximate surface area is 102 Å². The molecule has 0 heterocycles. The summed E-state index contributed by atoms with van der Waals surface area (Å²) in [6.07, 6.45) is -5.09. The predicted molar refractivity (Wildman–Crippen MR) is 49.9 cm³/mol. The maximum Gasteiger partial charge on any atom is 0.573 e. The third kappa shape index (κ3) is 4.36. The van der Waals surface area contributed by atoms with Crippen LogP contribution in [0, 0.1) is 0 Å². The van der Waals surface area contributed by atoms with Crippen LogP contribution in [0.5, 0.6) is 11.5 Å². The Kier molecular flexibility index (Phi) is 4.33. The minimum atomic E-state index is -5.09. The predicted octanol–water partition coefficient (Wildman–Crippen LogP) is 3.57. The summed E-state index contributed by atoms with van der Waals surface area (Å²) in [6.45, 7) is -3.22. The Morgan fingerprint density at radius 1 is 1.28 bits per heavy atom. The van der Waals surface area contributed by atoms with E-state index in [0.717, 1.165) is 12.1 Å². The van der Waals surface area contributed by atoms with Gasteiger partial charge in [0.15, 0.2) is 0 Å². The fourth-order valence-corrected chi connectivity index (χ4v) is 1.21. The molecule has 0 unspecified atom stereocenters. The number of hydrogen-bond donors (Lipinski definition) is 0. The largest absolute Gasteiger partial charge is 0.573 e. The van der Waals surface area contributed by atoms with Crippen molar-refractivity contribution < 1.29 is 36.2 Å². The van der Waals surface area contributed by atoms with E-state index in [1.165, 1.54) is 0 Å². The summed E-state index contributed by atoms with van der Waals surface area (Å²) in [5.41, 5.74) is -0.615. The van der Waals surface area contributed by atoms with Crippen molar-refractivity contribution in [1.29, 1.82) is 0 Å². The van der Waals surface area contributed by atoms with Crippen molar-refractivity contribution in [2.75, 3.05) is 0 Å². The summed E-state index contributed by atoms with van der Waals surface area (Å²) >= 11 is 5.02. The van der Waals surface area contributed by atoms with Gasteiger partial charge in [0.2, 0.25) is 0 Å². The maximum atomic E-state index is 12.0. The van der Waals surface area contributed by atoms with E-state index in [1.54, 1.807) is 0 Å². The van der Waals surface area contributed by atoms with Crippen LogP contribution in [0.1, 0.15) is 10.4 Å². The van der Waals surface area contributed by atoms with Crippen molar-refractivity contribution in [3.63, 3.8) is 0 Å². The summed E-state index contributed by atoms with van der Waals surface area (Å²) in [5, 5.41) is -1.22. The molecule has 0 aliphatic heterocycles. The number of carbonyl (C=O) groups is 1. The fraction of sp³-hybridized carbons (Fsp3) is 0.222. The third-order valence-corrected chi connectivity index (χ3v) is 1.82. The highest BCUT2D eigenvalue weighted by molar-refractivity contribution is 6.68. The number of rotatable bonds is 4. The van der Waals surface area contributed by atoms with Crippen molar-refractivity contribution in [3.8, 4) is 11.5 Å². The zero-order chi connectivity index (χ0) is 13.9. The molecule has 0 saturated carbocycles. The molecular weight excluding hydrogens is 287 g/mol. The van der Waals surface area contributed by atoms with E-state index in [-0.39, 0.29) is 0 Å². The molecule has 18 heavy (non-hydrogen) atoms. The van der Waals surface area contributed by atoms with Crippen molar-refractivity contribution in [2.45, 2.75) is 13.0 Å². The summed E-state index contributed by atoms with van der Waals surface area (Å²) in [4.78, 5) is 10.8. The molecular formula is C9H4ClF5O3. The van der Waals surface area contributed by atoms with Crippen LogP contribution in [0.25, 0.3) is 0 Å². The molecule has 0 saturated heterocycles. The summed E-state index contributed by atoms with van der Waals surface area (Å²) in [7, 11) is 0. The molecule has 0 N–H and O–H groups in total. The van der Waals surface area contributed by atoms with Crippen LogP contribution in [0.3, 0.4) is 0 Å². The number of ether oxygens (including phenoxy) is 2. The van der Waals surface area contributed by atoms with Gasteiger partial charge >= 0.3 is 13.0 Å². The highest BCUT2D eigenvalue weighted by Crippen LogP contribution is 2.31. The molecule has 9 heteroatoms. The van der Waals surface area contributed by atoms with Crippen LogP contribution in [-0.2, 0) is 0 Å². The highest BCUT2D eigenvalue weighted by atomic mass is 35.5. The van der Waals surface area contributed by atoms with Gasteiger partial charge in [-0.15, -0.1) is 13.2 Å². The number of hydrogen-bond acceptors (Lipinski definition) is 3. The number of carbonyl (C=O) groups excluding carboxylic acids is 1. The number of halogens is 6. The van der Waals surface area contributed by atoms with Crippen molar-refractivity contribution in [3.05, 3.63) is 23.8 Å². The second kappa shape index (κ2) is 5.38. The number of benzene rings is 1. The van der Waals surface area contributed by atoms with E-state index in [2.05, 4.69) is 9.47 Å². The Hall–Kier alpha value is -1.57. The van der Waals surface area contributed by atoms with E-state index >= 15 is 0 Å². The Morgan fingerprint density at radius 2 is 1.89 bits per heavy atom. The van der Waals surface area contributed by atoms with E-state index in [9.17, 15) is 26.7 Å². The average Bonchev–Trinajstić information content (AvgIpc) is 2.13. The molecule has 0 spiro atoms. The van der Waals surface area contributed by atoms with Gasteiger partial charge in [-0.05, 0) is 23.7 Å². The summed E-state index contributed by atoms with van der Waals surface area (Å²) in [5.74, 6) is -1.61. The zero-order valence-corrected chi connectivity index (χ0v) is 9.06. The first kappa shape index (κ1) is 14.5. The molecule has 0 aliphatic rings. The monoisotopic (exact) mass is 290 g/mol. The lowest BCUT2D eigenvalue weighted by atomic mass is 10.2. The topological polar surface area (TPSA) is 35.5 Å². The van der Waals surface area contributed by atoms with Gasteiger partial charge in [-0.25, -0.2) is 0 Å². The van der Waals surface area contributed by atoms with Gasteiger partial charge in [0.1, 0.15) is 11.5 Å². The fourth-order valence-electron chi connectivity index (χ4n) is 1.05. The van der Waals surface area contributed by atoms with Crippen LogP contribution in [0.15, 0.2) is 18.2 Å². The highest BCUT2D eigenvalue weighted by Gasteiger charge is 2.33. The van der Waals surface area contributed by atoms with Crippen LogP contribution >= 0.6 is 11.6 Å². The lowest BCUT2D eigenvalue weighted by Gasteiger charge is -2.13. The molecule has 1 rings (SSSR count). The first-order chi connectivity index (χ1) is 8.19. The van der Waals surface area contributed by atoms with Gasteiger partial charge < -0.3 is 9.47 Å². The third-order valence-electron chi connectivity index (χ3n) is 1.62.